The molecule has 4 nitrogen and oxygen atoms in total. The molecule has 2 unspecified atom stereocenters. The summed E-state index contributed by atoms with van der Waals surface area (Å²) in [5.74, 6) is 1.71. The normalized spacial score (nSPS) is 27.1. The second-order valence-electron chi connectivity index (χ2n) is 5.88. The van der Waals surface area contributed by atoms with Gasteiger partial charge < -0.3 is 19.5 Å². The lowest BCUT2D eigenvalue weighted by Gasteiger charge is -2.42. The molecule has 4 rings (SSSR count). The predicted molar refractivity (Wildman–Crippen MR) is 70.5 cm³/mol. The third-order valence-corrected chi connectivity index (χ3v) is 4.67. The largest absolute Gasteiger partial charge is 0.454 e. The average molecular weight is 261 g/mol. The van der Waals surface area contributed by atoms with E-state index in [0.29, 0.717) is 24.4 Å². The Hall–Kier alpha value is -1.26. The number of likely N-dealkylation sites (N-methyl/N-ethyl adjacent to an activating group) is 1. The van der Waals surface area contributed by atoms with E-state index in [1.54, 1.807) is 0 Å². The highest BCUT2D eigenvalue weighted by Crippen LogP contribution is 2.57. The van der Waals surface area contributed by atoms with Gasteiger partial charge in [0.15, 0.2) is 11.5 Å². The minimum absolute atomic E-state index is 0.336. The summed E-state index contributed by atoms with van der Waals surface area (Å²) >= 11 is 0. The van der Waals surface area contributed by atoms with Crippen LogP contribution in [0.25, 0.3) is 0 Å². The topological polar surface area (TPSA) is 39.7 Å². The number of benzene rings is 1. The zero-order chi connectivity index (χ0) is 12.9. The average Bonchev–Trinajstić information content (AvgIpc) is 3.12. The van der Waals surface area contributed by atoms with Crippen molar-refractivity contribution in [3.05, 3.63) is 23.8 Å². The first-order valence-electron chi connectivity index (χ1n) is 6.98. The maximum atomic E-state index is 5.81. The van der Waals surface area contributed by atoms with E-state index in [9.17, 15) is 0 Å². The van der Waals surface area contributed by atoms with Crippen LogP contribution in [0.1, 0.15) is 18.4 Å². The minimum atomic E-state index is 0.336. The lowest BCUT2D eigenvalue weighted by atomic mass is 9.85. The highest BCUT2D eigenvalue weighted by atomic mass is 16.7. The zero-order valence-corrected chi connectivity index (χ0v) is 11.1. The summed E-state index contributed by atoms with van der Waals surface area (Å²) in [5, 5.41) is 3.42. The number of ether oxygens (including phenoxy) is 3. The van der Waals surface area contributed by atoms with Crippen LogP contribution >= 0.6 is 0 Å². The van der Waals surface area contributed by atoms with Crippen LogP contribution in [-0.4, -0.2) is 32.6 Å². The molecule has 1 spiro atoms. The van der Waals surface area contributed by atoms with E-state index in [-0.39, 0.29) is 0 Å². The third-order valence-electron chi connectivity index (χ3n) is 4.67. The molecule has 0 aromatic heterocycles. The first-order valence-corrected chi connectivity index (χ1v) is 6.98. The Balaban J connectivity index is 1.50. The lowest BCUT2D eigenvalue weighted by molar-refractivity contribution is -0.147. The predicted octanol–water partition coefficient (Wildman–Crippen LogP) is 1.72. The van der Waals surface area contributed by atoms with Crippen LogP contribution < -0.4 is 14.8 Å². The molecule has 1 N–H and O–H groups in total. The first-order chi connectivity index (χ1) is 9.31. The van der Waals surface area contributed by atoms with Crippen LogP contribution in [-0.2, 0) is 11.2 Å². The van der Waals surface area contributed by atoms with Crippen molar-refractivity contribution >= 4 is 0 Å². The fraction of sp³-hybridized carbons (Fsp3) is 0.600. The van der Waals surface area contributed by atoms with Crippen LogP contribution in [0.5, 0.6) is 11.5 Å². The highest BCUT2D eigenvalue weighted by Gasteiger charge is 2.59. The summed E-state index contributed by atoms with van der Waals surface area (Å²) < 4.78 is 16.6. The number of hydrogen-bond donors (Lipinski definition) is 1. The molecule has 2 heterocycles. The molecule has 1 aromatic rings. The van der Waals surface area contributed by atoms with Gasteiger partial charge in [-0.05, 0) is 44.0 Å². The molecule has 1 saturated heterocycles. The number of fused-ring (bicyclic) bond motifs is 1. The Morgan fingerprint density at radius 3 is 2.84 bits per heavy atom. The van der Waals surface area contributed by atoms with Crippen molar-refractivity contribution in [3.63, 3.8) is 0 Å². The maximum Gasteiger partial charge on any atom is 0.231 e. The maximum absolute atomic E-state index is 5.81. The molecule has 2 atom stereocenters. The second-order valence-corrected chi connectivity index (χ2v) is 5.88. The van der Waals surface area contributed by atoms with Gasteiger partial charge in [-0.2, -0.15) is 0 Å². The molecule has 1 aromatic carbocycles. The van der Waals surface area contributed by atoms with Crippen molar-refractivity contribution < 1.29 is 14.2 Å². The molecule has 0 radical (unpaired) electrons. The number of hydrogen-bond acceptors (Lipinski definition) is 4. The van der Waals surface area contributed by atoms with Gasteiger partial charge in [0.1, 0.15) is 0 Å². The van der Waals surface area contributed by atoms with Gasteiger partial charge in [-0.3, -0.25) is 0 Å². The Labute approximate surface area is 113 Å². The molecule has 1 saturated carbocycles. The van der Waals surface area contributed by atoms with E-state index in [1.165, 1.54) is 18.4 Å². The molecule has 2 fully saturated rings. The van der Waals surface area contributed by atoms with Crippen molar-refractivity contribution in [1.82, 2.24) is 5.32 Å². The highest BCUT2D eigenvalue weighted by molar-refractivity contribution is 5.44. The Bertz CT molecular complexity index is 498. The second kappa shape index (κ2) is 4.12. The quantitative estimate of drug-likeness (QED) is 0.896. The fourth-order valence-electron chi connectivity index (χ4n) is 3.23. The van der Waals surface area contributed by atoms with Crippen molar-refractivity contribution in [2.75, 3.05) is 20.4 Å². The van der Waals surface area contributed by atoms with Crippen LogP contribution in [0, 0.1) is 5.41 Å². The van der Waals surface area contributed by atoms with Gasteiger partial charge in [0.05, 0.1) is 12.7 Å². The molecule has 4 heteroatoms. The van der Waals surface area contributed by atoms with Gasteiger partial charge in [-0.1, -0.05) is 6.07 Å². The minimum Gasteiger partial charge on any atom is -0.454 e. The molecule has 1 aliphatic carbocycles. The number of rotatable bonds is 4. The third kappa shape index (κ3) is 1.82. The molecule has 102 valence electrons. The van der Waals surface area contributed by atoms with Crippen LogP contribution in [0.3, 0.4) is 0 Å². The standard InChI is InChI=1S/C15H19NO3/c1-16-11(14-15(4-5-15)8-17-14)6-10-2-3-12-13(7-10)19-9-18-12/h2-3,7,11,14,16H,4-6,8-9H2,1H3. The zero-order valence-electron chi connectivity index (χ0n) is 11.1. The lowest BCUT2D eigenvalue weighted by Crippen LogP contribution is -2.55. The monoisotopic (exact) mass is 261 g/mol. The molecule has 19 heavy (non-hydrogen) atoms. The Kier molecular flexibility index (Phi) is 2.50. The molecule has 3 aliphatic rings. The van der Waals surface area contributed by atoms with Gasteiger partial charge in [0, 0.05) is 11.5 Å². The van der Waals surface area contributed by atoms with Crippen LogP contribution in [0.2, 0.25) is 0 Å². The van der Waals surface area contributed by atoms with E-state index in [2.05, 4.69) is 17.4 Å². The Morgan fingerprint density at radius 2 is 2.16 bits per heavy atom. The smallest absolute Gasteiger partial charge is 0.231 e. The summed E-state index contributed by atoms with van der Waals surface area (Å²) in [7, 11) is 2.02. The van der Waals surface area contributed by atoms with Crippen molar-refractivity contribution in [3.8, 4) is 11.5 Å². The first kappa shape index (κ1) is 11.6. The van der Waals surface area contributed by atoms with Crippen LogP contribution in [0.4, 0.5) is 0 Å². The fourth-order valence-corrected chi connectivity index (χ4v) is 3.23. The molecule has 0 bridgehead atoms. The van der Waals surface area contributed by atoms with Crippen molar-refractivity contribution in [2.45, 2.75) is 31.4 Å². The summed E-state index contributed by atoms with van der Waals surface area (Å²) in [6, 6.07) is 6.59. The Morgan fingerprint density at radius 1 is 1.32 bits per heavy atom. The van der Waals surface area contributed by atoms with Gasteiger partial charge >= 0.3 is 0 Å². The molecular weight excluding hydrogens is 242 g/mol. The summed E-state index contributed by atoms with van der Waals surface area (Å²) in [6.45, 7) is 1.29. The molecule has 0 amide bonds. The van der Waals surface area contributed by atoms with Gasteiger partial charge in [-0.15, -0.1) is 0 Å². The molecular formula is C15H19NO3. The van der Waals surface area contributed by atoms with E-state index in [0.717, 1.165) is 24.5 Å². The van der Waals surface area contributed by atoms with Crippen molar-refractivity contribution in [2.24, 2.45) is 5.41 Å². The van der Waals surface area contributed by atoms with Gasteiger partial charge in [-0.25, -0.2) is 0 Å². The van der Waals surface area contributed by atoms with Gasteiger partial charge in [0.25, 0.3) is 0 Å². The van der Waals surface area contributed by atoms with E-state index in [4.69, 9.17) is 14.2 Å². The van der Waals surface area contributed by atoms with Crippen LogP contribution in [0.15, 0.2) is 18.2 Å². The summed E-state index contributed by atoms with van der Waals surface area (Å²) in [5.41, 5.74) is 1.78. The number of nitrogens with one attached hydrogen (secondary N) is 1. The van der Waals surface area contributed by atoms with E-state index >= 15 is 0 Å². The van der Waals surface area contributed by atoms with Crippen molar-refractivity contribution in [1.29, 1.82) is 0 Å². The van der Waals surface area contributed by atoms with E-state index < -0.39 is 0 Å². The van der Waals surface area contributed by atoms with E-state index in [1.807, 2.05) is 13.1 Å². The molecule has 2 aliphatic heterocycles. The van der Waals surface area contributed by atoms with Gasteiger partial charge in [0.2, 0.25) is 6.79 Å². The summed E-state index contributed by atoms with van der Waals surface area (Å²) in [4.78, 5) is 0. The SMILES string of the molecule is CNC(Cc1ccc2c(c1)OCO2)C1OCC12CC2. The summed E-state index contributed by atoms with van der Waals surface area (Å²) in [6.07, 6.45) is 4.01.